The van der Waals surface area contributed by atoms with E-state index in [2.05, 4.69) is 26.8 Å². The molecular formula is C10H20O. The topological polar surface area (TPSA) is 20.2 Å². The van der Waals surface area contributed by atoms with E-state index in [1.165, 1.54) is 0 Å². The van der Waals surface area contributed by atoms with Gasteiger partial charge in [0.05, 0.1) is 6.10 Å². The zero-order valence-electron chi connectivity index (χ0n) is 7.88. The lowest BCUT2D eigenvalue weighted by molar-refractivity contribution is 0.208. The van der Waals surface area contributed by atoms with Gasteiger partial charge in [-0.05, 0) is 12.3 Å². The molecular weight excluding hydrogens is 136 g/mol. The van der Waals surface area contributed by atoms with Crippen molar-refractivity contribution in [2.24, 2.45) is 5.92 Å². The Morgan fingerprint density at radius 3 is 2.36 bits per heavy atom. The molecule has 0 aromatic rings. The minimum atomic E-state index is -0.225. The monoisotopic (exact) mass is 156 g/mol. The maximum atomic E-state index is 9.34. The Bertz CT molecular complexity index is 105. The fourth-order valence-electron chi connectivity index (χ4n) is 0.860. The molecule has 66 valence electrons. The van der Waals surface area contributed by atoms with Crippen LogP contribution in [0.15, 0.2) is 12.2 Å². The van der Waals surface area contributed by atoms with Gasteiger partial charge in [-0.3, -0.25) is 0 Å². The van der Waals surface area contributed by atoms with Crippen LogP contribution in [0.5, 0.6) is 0 Å². The van der Waals surface area contributed by atoms with E-state index in [0.717, 1.165) is 19.3 Å². The SMILES string of the molecule is CCCCC(O)/C=C/C(C)C. The molecule has 1 nitrogen and oxygen atoms in total. The molecule has 1 heteroatoms. The third kappa shape index (κ3) is 7.60. The van der Waals surface area contributed by atoms with Crippen LogP contribution in [0.4, 0.5) is 0 Å². The number of unbranched alkanes of at least 4 members (excludes halogenated alkanes) is 1. The van der Waals surface area contributed by atoms with Crippen molar-refractivity contribution < 1.29 is 5.11 Å². The van der Waals surface area contributed by atoms with E-state index in [-0.39, 0.29) is 6.10 Å². The molecule has 0 aliphatic rings. The summed E-state index contributed by atoms with van der Waals surface area (Å²) in [6.07, 6.45) is 6.91. The van der Waals surface area contributed by atoms with Gasteiger partial charge in [-0.15, -0.1) is 0 Å². The standard InChI is InChI=1S/C10H20O/c1-4-5-6-10(11)8-7-9(2)3/h7-11H,4-6H2,1-3H3/b8-7+. The average molecular weight is 156 g/mol. The molecule has 0 aliphatic carbocycles. The average Bonchev–Trinajstić information content (AvgIpc) is 1.97. The molecule has 0 radical (unpaired) electrons. The predicted molar refractivity (Wildman–Crippen MR) is 49.5 cm³/mol. The van der Waals surface area contributed by atoms with E-state index >= 15 is 0 Å². The Morgan fingerprint density at radius 2 is 1.91 bits per heavy atom. The third-order valence-corrected chi connectivity index (χ3v) is 1.57. The normalized spacial score (nSPS) is 14.6. The van der Waals surface area contributed by atoms with Crippen LogP contribution >= 0.6 is 0 Å². The fourth-order valence-corrected chi connectivity index (χ4v) is 0.860. The highest BCUT2D eigenvalue weighted by atomic mass is 16.3. The highest BCUT2D eigenvalue weighted by Gasteiger charge is 1.96. The molecule has 0 saturated carbocycles. The highest BCUT2D eigenvalue weighted by molar-refractivity contribution is 4.90. The molecule has 0 rings (SSSR count). The highest BCUT2D eigenvalue weighted by Crippen LogP contribution is 2.03. The first-order chi connectivity index (χ1) is 5.16. The van der Waals surface area contributed by atoms with Gasteiger partial charge in [-0.25, -0.2) is 0 Å². The van der Waals surface area contributed by atoms with E-state index in [4.69, 9.17) is 0 Å². The maximum absolute atomic E-state index is 9.34. The van der Waals surface area contributed by atoms with E-state index in [1.807, 2.05) is 6.08 Å². The number of allylic oxidation sites excluding steroid dienone is 1. The van der Waals surface area contributed by atoms with E-state index in [1.54, 1.807) is 0 Å². The summed E-state index contributed by atoms with van der Waals surface area (Å²) in [7, 11) is 0. The van der Waals surface area contributed by atoms with Gasteiger partial charge in [0.1, 0.15) is 0 Å². The third-order valence-electron chi connectivity index (χ3n) is 1.57. The Balaban J connectivity index is 3.42. The summed E-state index contributed by atoms with van der Waals surface area (Å²) in [6, 6.07) is 0. The summed E-state index contributed by atoms with van der Waals surface area (Å²) in [5.74, 6) is 0.547. The molecule has 0 aromatic heterocycles. The molecule has 11 heavy (non-hydrogen) atoms. The second kappa shape index (κ2) is 6.41. The number of aliphatic hydroxyl groups excluding tert-OH is 1. The van der Waals surface area contributed by atoms with Gasteiger partial charge in [-0.2, -0.15) is 0 Å². The molecule has 1 atom stereocenters. The summed E-state index contributed by atoms with van der Waals surface area (Å²) in [5.41, 5.74) is 0. The fraction of sp³-hybridized carbons (Fsp3) is 0.800. The minimum Gasteiger partial charge on any atom is -0.389 e. The summed E-state index contributed by atoms with van der Waals surface area (Å²) in [5, 5.41) is 9.34. The van der Waals surface area contributed by atoms with Crippen molar-refractivity contribution in [2.45, 2.75) is 46.1 Å². The summed E-state index contributed by atoms with van der Waals surface area (Å²) >= 11 is 0. The van der Waals surface area contributed by atoms with Gasteiger partial charge in [-0.1, -0.05) is 45.8 Å². The first kappa shape index (κ1) is 10.7. The quantitative estimate of drug-likeness (QED) is 0.607. The van der Waals surface area contributed by atoms with Crippen LogP contribution in [0, 0.1) is 5.92 Å². The van der Waals surface area contributed by atoms with E-state index in [9.17, 15) is 5.11 Å². The summed E-state index contributed by atoms with van der Waals surface area (Å²) in [4.78, 5) is 0. The van der Waals surface area contributed by atoms with Crippen molar-refractivity contribution in [1.29, 1.82) is 0 Å². The molecule has 0 spiro atoms. The summed E-state index contributed by atoms with van der Waals surface area (Å²) < 4.78 is 0. The molecule has 0 aromatic carbocycles. The first-order valence-electron chi connectivity index (χ1n) is 4.53. The zero-order valence-corrected chi connectivity index (χ0v) is 7.88. The molecule has 0 bridgehead atoms. The van der Waals surface area contributed by atoms with Gasteiger partial charge >= 0.3 is 0 Å². The molecule has 0 aliphatic heterocycles. The molecule has 0 saturated heterocycles. The largest absolute Gasteiger partial charge is 0.389 e. The Labute approximate surface area is 70.1 Å². The minimum absolute atomic E-state index is 0.225. The van der Waals surface area contributed by atoms with Gasteiger partial charge in [0.15, 0.2) is 0 Å². The van der Waals surface area contributed by atoms with Crippen LogP contribution < -0.4 is 0 Å². The summed E-state index contributed by atoms with van der Waals surface area (Å²) in [6.45, 7) is 6.37. The van der Waals surface area contributed by atoms with Crippen LogP contribution in [0.2, 0.25) is 0 Å². The van der Waals surface area contributed by atoms with Crippen LogP contribution in [-0.4, -0.2) is 11.2 Å². The van der Waals surface area contributed by atoms with E-state index in [0.29, 0.717) is 5.92 Å². The first-order valence-corrected chi connectivity index (χ1v) is 4.53. The Kier molecular flexibility index (Phi) is 6.24. The van der Waals surface area contributed by atoms with Gasteiger partial charge < -0.3 is 5.11 Å². The van der Waals surface area contributed by atoms with Crippen LogP contribution in [-0.2, 0) is 0 Å². The van der Waals surface area contributed by atoms with Crippen molar-refractivity contribution >= 4 is 0 Å². The maximum Gasteiger partial charge on any atom is 0.0721 e. The van der Waals surface area contributed by atoms with Crippen molar-refractivity contribution in [3.05, 3.63) is 12.2 Å². The molecule has 0 heterocycles. The lowest BCUT2D eigenvalue weighted by Gasteiger charge is -2.03. The van der Waals surface area contributed by atoms with Crippen molar-refractivity contribution in [1.82, 2.24) is 0 Å². The van der Waals surface area contributed by atoms with Crippen molar-refractivity contribution in [3.63, 3.8) is 0 Å². The van der Waals surface area contributed by atoms with Crippen LogP contribution in [0.1, 0.15) is 40.0 Å². The molecule has 1 N–H and O–H groups in total. The molecule has 0 fully saturated rings. The predicted octanol–water partition coefficient (Wildman–Crippen LogP) is 2.75. The molecule has 1 unspecified atom stereocenters. The lowest BCUT2D eigenvalue weighted by atomic mass is 10.1. The number of hydrogen-bond acceptors (Lipinski definition) is 1. The van der Waals surface area contributed by atoms with Gasteiger partial charge in [0.2, 0.25) is 0 Å². The van der Waals surface area contributed by atoms with E-state index < -0.39 is 0 Å². The lowest BCUT2D eigenvalue weighted by Crippen LogP contribution is -2.01. The Hall–Kier alpha value is -0.300. The van der Waals surface area contributed by atoms with Crippen LogP contribution in [0.25, 0.3) is 0 Å². The number of hydrogen-bond donors (Lipinski definition) is 1. The number of aliphatic hydroxyl groups is 1. The number of rotatable bonds is 5. The second-order valence-electron chi connectivity index (χ2n) is 3.34. The second-order valence-corrected chi connectivity index (χ2v) is 3.34. The Morgan fingerprint density at radius 1 is 1.27 bits per heavy atom. The van der Waals surface area contributed by atoms with Crippen LogP contribution in [0.3, 0.4) is 0 Å². The van der Waals surface area contributed by atoms with Crippen molar-refractivity contribution in [3.8, 4) is 0 Å². The smallest absolute Gasteiger partial charge is 0.0721 e. The van der Waals surface area contributed by atoms with Gasteiger partial charge in [0, 0.05) is 0 Å². The zero-order chi connectivity index (χ0) is 8.69. The van der Waals surface area contributed by atoms with Crippen molar-refractivity contribution in [2.75, 3.05) is 0 Å². The van der Waals surface area contributed by atoms with Gasteiger partial charge in [0.25, 0.3) is 0 Å². The molecule has 0 amide bonds.